The van der Waals surface area contributed by atoms with E-state index in [-0.39, 0.29) is 11.0 Å². The minimum Gasteiger partial charge on any atom is -0.478 e. The molecule has 5 nitrogen and oxygen atoms in total. The Morgan fingerprint density at radius 3 is 2.65 bits per heavy atom. The summed E-state index contributed by atoms with van der Waals surface area (Å²) in [7, 11) is 0. The van der Waals surface area contributed by atoms with E-state index in [0.29, 0.717) is 0 Å². The SMILES string of the molecule is CC1(C)CCCc2nc(-c3csc(-c4ccc(C(=O)O)cc4)n3)cnc21. The summed E-state index contributed by atoms with van der Waals surface area (Å²) in [5.74, 6) is -0.927. The third kappa shape index (κ3) is 3.01. The molecule has 0 spiro atoms. The molecule has 0 saturated carbocycles. The fourth-order valence-corrected chi connectivity index (χ4v) is 4.21. The van der Waals surface area contributed by atoms with Crippen LogP contribution in [0.3, 0.4) is 0 Å². The second-order valence-corrected chi connectivity index (χ2v) is 8.07. The molecule has 0 bridgehead atoms. The summed E-state index contributed by atoms with van der Waals surface area (Å²) in [6.45, 7) is 4.45. The highest BCUT2D eigenvalue weighted by molar-refractivity contribution is 7.13. The summed E-state index contributed by atoms with van der Waals surface area (Å²) >= 11 is 1.52. The average Bonchev–Trinajstić information content (AvgIpc) is 3.11. The van der Waals surface area contributed by atoms with E-state index in [2.05, 4.69) is 18.8 Å². The number of hydrogen-bond donors (Lipinski definition) is 1. The smallest absolute Gasteiger partial charge is 0.335 e. The van der Waals surface area contributed by atoms with E-state index >= 15 is 0 Å². The van der Waals surface area contributed by atoms with E-state index in [1.54, 1.807) is 24.3 Å². The van der Waals surface area contributed by atoms with E-state index in [4.69, 9.17) is 15.1 Å². The van der Waals surface area contributed by atoms with Crippen LogP contribution in [0.5, 0.6) is 0 Å². The number of hydrogen-bond acceptors (Lipinski definition) is 5. The first-order valence-electron chi connectivity index (χ1n) is 8.60. The molecule has 6 heteroatoms. The molecule has 1 aliphatic carbocycles. The number of aromatic carboxylic acids is 1. The van der Waals surface area contributed by atoms with Crippen molar-refractivity contribution in [2.24, 2.45) is 0 Å². The lowest BCUT2D eigenvalue weighted by Crippen LogP contribution is -2.26. The van der Waals surface area contributed by atoms with Crippen molar-refractivity contribution in [3.63, 3.8) is 0 Å². The fraction of sp³-hybridized carbons (Fsp3) is 0.300. The maximum Gasteiger partial charge on any atom is 0.335 e. The van der Waals surface area contributed by atoms with E-state index in [0.717, 1.165) is 52.6 Å². The standard InChI is InChI=1S/C20H19N3O2S/c1-20(2)9-3-4-14-17(20)21-10-15(22-14)16-11-26-18(23-16)12-5-7-13(8-6-12)19(24)25/h5-8,10-11H,3-4,9H2,1-2H3,(H,24,25). The first-order chi connectivity index (χ1) is 12.4. The summed E-state index contributed by atoms with van der Waals surface area (Å²) in [5, 5.41) is 11.8. The summed E-state index contributed by atoms with van der Waals surface area (Å²) in [6, 6.07) is 6.76. The highest BCUT2D eigenvalue weighted by Gasteiger charge is 2.30. The number of carboxylic acid groups (broad SMARTS) is 1. The number of aryl methyl sites for hydroxylation is 1. The van der Waals surface area contributed by atoms with Gasteiger partial charge in [-0.1, -0.05) is 26.0 Å². The van der Waals surface area contributed by atoms with Crippen LogP contribution in [-0.4, -0.2) is 26.0 Å². The van der Waals surface area contributed by atoms with Crippen molar-refractivity contribution in [2.75, 3.05) is 0 Å². The molecule has 0 fully saturated rings. The lowest BCUT2D eigenvalue weighted by atomic mass is 9.77. The van der Waals surface area contributed by atoms with Crippen LogP contribution in [0.4, 0.5) is 0 Å². The summed E-state index contributed by atoms with van der Waals surface area (Å²) in [6.07, 6.45) is 5.06. The Balaban J connectivity index is 1.65. The van der Waals surface area contributed by atoms with Crippen molar-refractivity contribution in [3.8, 4) is 22.0 Å². The molecule has 4 rings (SSSR count). The molecule has 2 aromatic heterocycles. The van der Waals surface area contributed by atoms with Gasteiger partial charge in [-0.2, -0.15) is 0 Å². The molecule has 132 valence electrons. The first-order valence-corrected chi connectivity index (χ1v) is 9.48. The Morgan fingerprint density at radius 2 is 1.92 bits per heavy atom. The van der Waals surface area contributed by atoms with Gasteiger partial charge in [0.05, 0.1) is 23.1 Å². The number of carbonyl (C=O) groups is 1. The zero-order valence-corrected chi connectivity index (χ0v) is 15.5. The molecule has 0 atom stereocenters. The van der Waals surface area contributed by atoms with Crippen LogP contribution in [0.2, 0.25) is 0 Å². The minimum atomic E-state index is -0.927. The zero-order valence-electron chi connectivity index (χ0n) is 14.7. The highest BCUT2D eigenvalue weighted by Crippen LogP contribution is 2.35. The van der Waals surface area contributed by atoms with E-state index in [1.807, 2.05) is 11.6 Å². The molecule has 0 radical (unpaired) electrons. The van der Waals surface area contributed by atoms with Gasteiger partial charge >= 0.3 is 5.97 Å². The Kier molecular flexibility index (Phi) is 4.07. The van der Waals surface area contributed by atoms with Gasteiger partial charge < -0.3 is 5.11 Å². The topological polar surface area (TPSA) is 76.0 Å². The molecule has 0 saturated heterocycles. The van der Waals surface area contributed by atoms with Crippen molar-refractivity contribution in [1.29, 1.82) is 0 Å². The molecule has 2 heterocycles. The molecule has 1 aromatic carbocycles. The number of thiazole rings is 1. The summed E-state index contributed by atoms with van der Waals surface area (Å²) in [5.41, 5.74) is 5.05. The van der Waals surface area contributed by atoms with Crippen molar-refractivity contribution in [3.05, 3.63) is 52.8 Å². The maximum absolute atomic E-state index is 11.0. The van der Waals surface area contributed by atoms with Gasteiger partial charge in [0.1, 0.15) is 16.4 Å². The molecule has 26 heavy (non-hydrogen) atoms. The Morgan fingerprint density at radius 1 is 1.15 bits per heavy atom. The fourth-order valence-electron chi connectivity index (χ4n) is 3.39. The number of aromatic nitrogens is 3. The number of benzene rings is 1. The predicted molar refractivity (Wildman–Crippen MR) is 101 cm³/mol. The van der Waals surface area contributed by atoms with Crippen LogP contribution < -0.4 is 0 Å². The molecule has 0 unspecified atom stereocenters. The molecular formula is C20H19N3O2S. The van der Waals surface area contributed by atoms with Crippen molar-refractivity contribution < 1.29 is 9.90 Å². The second-order valence-electron chi connectivity index (χ2n) is 7.21. The van der Waals surface area contributed by atoms with Crippen LogP contribution >= 0.6 is 11.3 Å². The summed E-state index contributed by atoms with van der Waals surface area (Å²) < 4.78 is 0. The third-order valence-corrected chi connectivity index (χ3v) is 5.74. The van der Waals surface area contributed by atoms with Gasteiger partial charge in [0.15, 0.2) is 0 Å². The van der Waals surface area contributed by atoms with Crippen LogP contribution in [0.25, 0.3) is 22.0 Å². The zero-order chi connectivity index (χ0) is 18.3. The minimum absolute atomic E-state index is 0.0816. The van der Waals surface area contributed by atoms with Crippen LogP contribution in [0.1, 0.15) is 48.4 Å². The highest BCUT2D eigenvalue weighted by atomic mass is 32.1. The monoisotopic (exact) mass is 365 g/mol. The number of carboxylic acids is 1. The number of fused-ring (bicyclic) bond motifs is 1. The predicted octanol–water partition coefficient (Wildman–Crippen LogP) is 4.58. The quantitative estimate of drug-likeness (QED) is 0.735. The maximum atomic E-state index is 11.0. The second kappa shape index (κ2) is 6.29. The van der Waals surface area contributed by atoms with Crippen molar-refractivity contribution in [2.45, 2.75) is 38.5 Å². The lowest BCUT2D eigenvalue weighted by Gasteiger charge is -2.30. The first kappa shape index (κ1) is 16.8. The number of rotatable bonds is 3. The normalized spacial score (nSPS) is 15.5. The molecule has 1 aliphatic rings. The van der Waals surface area contributed by atoms with Gasteiger partial charge in [0.25, 0.3) is 0 Å². The van der Waals surface area contributed by atoms with Crippen LogP contribution in [0.15, 0.2) is 35.8 Å². The number of nitrogens with zero attached hydrogens (tertiary/aromatic N) is 3. The Labute approximate surface area is 155 Å². The average molecular weight is 365 g/mol. The van der Waals surface area contributed by atoms with E-state index < -0.39 is 5.97 Å². The van der Waals surface area contributed by atoms with E-state index in [9.17, 15) is 4.79 Å². The molecule has 0 aliphatic heterocycles. The van der Waals surface area contributed by atoms with E-state index in [1.165, 1.54) is 11.3 Å². The van der Waals surface area contributed by atoms with Gasteiger partial charge in [-0.15, -0.1) is 11.3 Å². The van der Waals surface area contributed by atoms with Gasteiger partial charge in [-0.3, -0.25) is 4.98 Å². The van der Waals surface area contributed by atoms with Gasteiger partial charge in [0, 0.05) is 16.4 Å². The van der Waals surface area contributed by atoms with Crippen molar-refractivity contribution in [1.82, 2.24) is 15.0 Å². The van der Waals surface area contributed by atoms with Gasteiger partial charge in [0.2, 0.25) is 0 Å². The molecule has 0 amide bonds. The van der Waals surface area contributed by atoms with Crippen molar-refractivity contribution >= 4 is 17.3 Å². The van der Waals surface area contributed by atoms with Gasteiger partial charge in [-0.05, 0) is 31.4 Å². The Hall–Kier alpha value is -2.60. The molecule has 1 N–H and O–H groups in total. The lowest BCUT2D eigenvalue weighted by molar-refractivity contribution is 0.0697. The Bertz CT molecular complexity index is 977. The molecular weight excluding hydrogens is 346 g/mol. The van der Waals surface area contributed by atoms with Crippen LogP contribution in [0, 0.1) is 0 Å². The third-order valence-electron chi connectivity index (χ3n) is 4.85. The summed E-state index contributed by atoms with van der Waals surface area (Å²) in [4.78, 5) is 25.2. The van der Waals surface area contributed by atoms with Crippen LogP contribution in [-0.2, 0) is 11.8 Å². The largest absolute Gasteiger partial charge is 0.478 e. The van der Waals surface area contributed by atoms with Gasteiger partial charge in [-0.25, -0.2) is 14.8 Å². The molecule has 3 aromatic rings.